The normalized spacial score (nSPS) is 13.8. The number of hydrogen-bond donors (Lipinski definition) is 2. The fourth-order valence-electron chi connectivity index (χ4n) is 1.98. The molecule has 4 heteroatoms. The van der Waals surface area contributed by atoms with Crippen LogP contribution in [0.2, 0.25) is 0 Å². The Hall–Kier alpha value is -1.26. The molecule has 0 aliphatic carbocycles. The van der Waals surface area contributed by atoms with Crippen molar-refractivity contribution in [2.45, 2.75) is 45.7 Å². The molecule has 0 amide bonds. The first kappa shape index (κ1) is 16.8. The summed E-state index contributed by atoms with van der Waals surface area (Å²) in [5.41, 5.74) is 6.98. The van der Waals surface area contributed by atoms with Gasteiger partial charge in [0.1, 0.15) is 0 Å². The molecule has 0 saturated carbocycles. The summed E-state index contributed by atoms with van der Waals surface area (Å²) in [5.74, 6) is 1.62. The Morgan fingerprint density at radius 1 is 1.25 bits per heavy atom. The zero-order chi connectivity index (χ0) is 15.0. The summed E-state index contributed by atoms with van der Waals surface area (Å²) in [6, 6.07) is 6.69. The van der Waals surface area contributed by atoms with Crippen molar-refractivity contribution in [2.75, 3.05) is 20.3 Å². The molecule has 0 bridgehead atoms. The van der Waals surface area contributed by atoms with Gasteiger partial charge in [-0.2, -0.15) is 0 Å². The minimum atomic E-state index is 0.178. The predicted molar refractivity (Wildman–Crippen MR) is 83.6 cm³/mol. The molecule has 1 aromatic rings. The molecule has 1 rings (SSSR count). The monoisotopic (exact) mass is 280 g/mol. The van der Waals surface area contributed by atoms with Crippen LogP contribution in [0.4, 0.5) is 0 Å². The van der Waals surface area contributed by atoms with Crippen LogP contribution in [-0.4, -0.2) is 32.3 Å². The highest BCUT2D eigenvalue weighted by Gasteiger charge is 2.09. The van der Waals surface area contributed by atoms with Crippen LogP contribution in [0.5, 0.6) is 11.5 Å². The van der Waals surface area contributed by atoms with Gasteiger partial charge in [0, 0.05) is 18.6 Å². The maximum Gasteiger partial charge on any atom is 0.161 e. The lowest BCUT2D eigenvalue weighted by molar-refractivity contribution is 0.294. The Labute approximate surface area is 122 Å². The maximum atomic E-state index is 5.75. The molecule has 0 aliphatic rings. The number of nitrogens with one attached hydrogen (secondary N) is 1. The Balaban J connectivity index is 2.62. The van der Waals surface area contributed by atoms with Gasteiger partial charge in [0.15, 0.2) is 11.5 Å². The summed E-state index contributed by atoms with van der Waals surface area (Å²) in [4.78, 5) is 0. The second-order valence-corrected chi connectivity index (χ2v) is 5.32. The van der Waals surface area contributed by atoms with Crippen molar-refractivity contribution < 1.29 is 9.47 Å². The Morgan fingerprint density at radius 3 is 2.60 bits per heavy atom. The summed E-state index contributed by atoms with van der Waals surface area (Å²) in [6.07, 6.45) is 1.93. The minimum absolute atomic E-state index is 0.178. The molecule has 0 fully saturated rings. The van der Waals surface area contributed by atoms with Crippen LogP contribution in [0.15, 0.2) is 18.2 Å². The van der Waals surface area contributed by atoms with E-state index in [0.717, 1.165) is 30.9 Å². The fourth-order valence-corrected chi connectivity index (χ4v) is 1.98. The van der Waals surface area contributed by atoms with E-state index < -0.39 is 0 Å². The number of nitrogens with two attached hydrogens (primary N) is 1. The van der Waals surface area contributed by atoms with Crippen LogP contribution in [-0.2, 0) is 6.42 Å². The first-order valence-electron chi connectivity index (χ1n) is 7.35. The van der Waals surface area contributed by atoms with Gasteiger partial charge in [-0.3, -0.25) is 0 Å². The molecular formula is C16H28N2O2. The lowest BCUT2D eigenvalue weighted by atomic mass is 10.1. The third kappa shape index (κ3) is 5.80. The molecule has 2 unspecified atom stereocenters. The maximum absolute atomic E-state index is 5.75. The fraction of sp³-hybridized carbons (Fsp3) is 0.625. The first-order chi connectivity index (χ1) is 9.56. The minimum Gasteiger partial charge on any atom is -0.493 e. The first-order valence-corrected chi connectivity index (χ1v) is 7.35. The summed E-state index contributed by atoms with van der Waals surface area (Å²) in [5, 5.41) is 3.42. The van der Waals surface area contributed by atoms with Gasteiger partial charge < -0.3 is 20.5 Å². The molecule has 114 valence electrons. The molecule has 0 saturated heterocycles. The third-order valence-corrected chi connectivity index (χ3v) is 3.02. The molecule has 2 atom stereocenters. The van der Waals surface area contributed by atoms with Crippen molar-refractivity contribution in [1.82, 2.24) is 5.32 Å². The largest absolute Gasteiger partial charge is 0.493 e. The summed E-state index contributed by atoms with van der Waals surface area (Å²) >= 11 is 0. The van der Waals surface area contributed by atoms with E-state index in [0.29, 0.717) is 12.6 Å². The van der Waals surface area contributed by atoms with E-state index >= 15 is 0 Å². The second kappa shape index (κ2) is 8.82. The Kier molecular flexibility index (Phi) is 7.41. The summed E-state index contributed by atoms with van der Waals surface area (Å²) in [7, 11) is 1.68. The van der Waals surface area contributed by atoms with E-state index in [-0.39, 0.29) is 6.04 Å². The van der Waals surface area contributed by atoms with Gasteiger partial charge in [-0.15, -0.1) is 0 Å². The van der Waals surface area contributed by atoms with Crippen molar-refractivity contribution in [3.8, 4) is 11.5 Å². The molecule has 0 aliphatic heterocycles. The molecule has 0 spiro atoms. The zero-order valence-electron chi connectivity index (χ0n) is 13.1. The molecule has 4 nitrogen and oxygen atoms in total. The van der Waals surface area contributed by atoms with Crippen molar-refractivity contribution in [3.63, 3.8) is 0 Å². The quantitative estimate of drug-likeness (QED) is 0.729. The lowest BCUT2D eigenvalue weighted by Crippen LogP contribution is -2.37. The van der Waals surface area contributed by atoms with Gasteiger partial charge in [0.25, 0.3) is 0 Å². The SMILES string of the molecule is CCCOc1ccc(CC(C)NCC(C)N)cc1OC. The van der Waals surface area contributed by atoms with Gasteiger partial charge in [0.05, 0.1) is 13.7 Å². The number of hydrogen-bond acceptors (Lipinski definition) is 4. The summed E-state index contributed by atoms with van der Waals surface area (Å²) in [6.45, 7) is 7.80. The average Bonchev–Trinajstić information content (AvgIpc) is 2.43. The lowest BCUT2D eigenvalue weighted by Gasteiger charge is -2.17. The topological polar surface area (TPSA) is 56.5 Å². The second-order valence-electron chi connectivity index (χ2n) is 5.32. The van der Waals surface area contributed by atoms with Crippen LogP contribution >= 0.6 is 0 Å². The number of rotatable bonds is 9. The van der Waals surface area contributed by atoms with Crippen LogP contribution < -0.4 is 20.5 Å². The summed E-state index contributed by atoms with van der Waals surface area (Å²) < 4.78 is 11.1. The van der Waals surface area contributed by atoms with Crippen LogP contribution in [0.25, 0.3) is 0 Å². The highest BCUT2D eigenvalue weighted by atomic mass is 16.5. The van der Waals surface area contributed by atoms with Gasteiger partial charge in [-0.25, -0.2) is 0 Å². The number of methoxy groups -OCH3 is 1. The smallest absolute Gasteiger partial charge is 0.161 e. The average molecular weight is 280 g/mol. The molecule has 1 aromatic carbocycles. The van der Waals surface area contributed by atoms with Crippen molar-refractivity contribution >= 4 is 0 Å². The van der Waals surface area contributed by atoms with Gasteiger partial charge in [-0.05, 0) is 44.4 Å². The molecule has 3 N–H and O–H groups in total. The molecule has 0 radical (unpaired) electrons. The Bertz CT molecular complexity index is 394. The molecule has 20 heavy (non-hydrogen) atoms. The van der Waals surface area contributed by atoms with Crippen LogP contribution in [0.1, 0.15) is 32.8 Å². The standard InChI is InChI=1S/C16H28N2O2/c1-5-8-20-15-7-6-14(10-16(15)19-4)9-13(3)18-11-12(2)17/h6-7,10,12-13,18H,5,8-9,11,17H2,1-4H3. The molecule has 0 heterocycles. The van der Waals surface area contributed by atoms with E-state index in [1.54, 1.807) is 7.11 Å². The number of ether oxygens (including phenoxy) is 2. The van der Waals surface area contributed by atoms with Crippen LogP contribution in [0, 0.1) is 0 Å². The van der Waals surface area contributed by atoms with Gasteiger partial charge in [0.2, 0.25) is 0 Å². The zero-order valence-corrected chi connectivity index (χ0v) is 13.1. The van der Waals surface area contributed by atoms with E-state index in [1.165, 1.54) is 5.56 Å². The van der Waals surface area contributed by atoms with E-state index in [1.807, 2.05) is 13.0 Å². The van der Waals surface area contributed by atoms with Crippen molar-refractivity contribution in [3.05, 3.63) is 23.8 Å². The predicted octanol–water partition coefficient (Wildman–Crippen LogP) is 2.35. The van der Waals surface area contributed by atoms with Crippen LogP contribution in [0.3, 0.4) is 0 Å². The van der Waals surface area contributed by atoms with E-state index in [9.17, 15) is 0 Å². The van der Waals surface area contributed by atoms with Crippen molar-refractivity contribution in [2.24, 2.45) is 5.73 Å². The third-order valence-electron chi connectivity index (χ3n) is 3.02. The van der Waals surface area contributed by atoms with E-state index in [2.05, 4.69) is 31.3 Å². The molecule has 0 aromatic heterocycles. The number of benzene rings is 1. The highest BCUT2D eigenvalue weighted by molar-refractivity contribution is 5.43. The van der Waals surface area contributed by atoms with E-state index in [4.69, 9.17) is 15.2 Å². The molecular weight excluding hydrogens is 252 g/mol. The van der Waals surface area contributed by atoms with Gasteiger partial charge >= 0.3 is 0 Å². The highest BCUT2D eigenvalue weighted by Crippen LogP contribution is 2.28. The van der Waals surface area contributed by atoms with Gasteiger partial charge in [-0.1, -0.05) is 13.0 Å². The Morgan fingerprint density at radius 2 is 2.00 bits per heavy atom. The van der Waals surface area contributed by atoms with Crippen molar-refractivity contribution in [1.29, 1.82) is 0 Å².